The second-order valence-electron chi connectivity index (χ2n) is 19.3. The zero-order valence-electron chi connectivity index (χ0n) is 44.1. The van der Waals surface area contributed by atoms with E-state index >= 15 is 0 Å². The Morgan fingerprint density at radius 3 is 1.06 bits per heavy atom. The Kier molecular flexibility index (Phi) is 33.7. The molecule has 0 saturated carbocycles. The van der Waals surface area contributed by atoms with Crippen LogP contribution in [0.2, 0.25) is 0 Å². The van der Waals surface area contributed by atoms with E-state index in [0.717, 1.165) is 11.6 Å². The summed E-state index contributed by atoms with van der Waals surface area (Å²) in [4.78, 5) is 78.9. The summed E-state index contributed by atoms with van der Waals surface area (Å²) in [5.41, 5.74) is -0.214. The van der Waals surface area contributed by atoms with Gasteiger partial charge in [0.15, 0.2) is 0 Å². The highest BCUT2D eigenvalue weighted by Crippen LogP contribution is 2.54. The predicted octanol–water partition coefficient (Wildman–Crippen LogP) is 5.63. The molecule has 0 aromatic carbocycles. The fourth-order valence-corrected chi connectivity index (χ4v) is 12.1. The normalized spacial score (nSPS) is 31.4. The second-order valence-corrected chi connectivity index (χ2v) is 40.7. The third-order valence-corrected chi connectivity index (χ3v) is 26.1. The quantitative estimate of drug-likeness (QED) is 0.0468. The van der Waals surface area contributed by atoms with Gasteiger partial charge in [0.2, 0.25) is 7.37 Å². The summed E-state index contributed by atoms with van der Waals surface area (Å²) in [6, 6.07) is -2.96. The first-order chi connectivity index (χ1) is 34.0. The summed E-state index contributed by atoms with van der Waals surface area (Å²) in [6.45, 7) is 19.5. The highest BCUT2D eigenvalue weighted by molar-refractivity contribution is 8.12. The van der Waals surface area contributed by atoms with Gasteiger partial charge < -0.3 is 81.1 Å². The van der Waals surface area contributed by atoms with Crippen LogP contribution in [0.5, 0.6) is 0 Å². The van der Waals surface area contributed by atoms with Crippen molar-refractivity contribution in [3.8, 4) is 0 Å². The highest BCUT2D eigenvalue weighted by Gasteiger charge is 2.41. The maximum Gasteiger partial charge on any atom is 0.469 e. The van der Waals surface area contributed by atoms with Crippen LogP contribution in [0.4, 0.5) is 0 Å². The molecule has 39 heteroatoms. The molecule has 16 atom stereocenters. The van der Waals surface area contributed by atoms with Crippen molar-refractivity contribution in [2.24, 2.45) is 0 Å². The Bertz CT molecular complexity index is 2130. The topological polar surface area (TPSA) is 377 Å². The molecule has 0 bridgehead atoms. The lowest BCUT2D eigenvalue weighted by atomic mass is 9.94. The molecule has 25 nitrogen and oxygen atoms in total. The van der Waals surface area contributed by atoms with E-state index in [1.165, 1.54) is 26.0 Å². The highest BCUT2D eigenvalue weighted by atomic mass is 32.4. The van der Waals surface area contributed by atoms with Gasteiger partial charge >= 0.3 is 38.4 Å². The van der Waals surface area contributed by atoms with Crippen molar-refractivity contribution < 1.29 is 118 Å². The summed E-state index contributed by atoms with van der Waals surface area (Å²) < 4.78 is 119. The Hall–Kier alpha value is 1.66. The molecule has 4 fully saturated rings. The summed E-state index contributed by atoms with van der Waals surface area (Å²) >= 11 is 10.9. The molecule has 8 radical (unpaired) electrons. The predicted molar refractivity (Wildman–Crippen MR) is 305 cm³/mol. The molecular weight excluding hydrogens is 1210 g/mol. The Labute approximate surface area is 469 Å². The monoisotopic (exact) mass is 1290 g/mol. The molecule has 4 heterocycles. The molecule has 444 valence electrons. The van der Waals surface area contributed by atoms with E-state index in [2.05, 4.69) is 9.05 Å². The van der Waals surface area contributed by atoms with Crippen LogP contribution < -0.4 is 0 Å². The van der Waals surface area contributed by atoms with Gasteiger partial charge in [-0.05, 0) is 25.5 Å². The van der Waals surface area contributed by atoms with Crippen LogP contribution in [-0.2, 0) is 97.1 Å². The fourth-order valence-electron chi connectivity index (χ4n) is 6.07. The lowest BCUT2D eigenvalue weighted by Crippen LogP contribution is -2.24. The summed E-state index contributed by atoms with van der Waals surface area (Å²) in [5.74, 6) is 1.61. The van der Waals surface area contributed by atoms with Crippen LogP contribution in [0.25, 0.3) is 0 Å². The van der Waals surface area contributed by atoms with Crippen molar-refractivity contribution in [3.05, 3.63) is 23.8 Å². The summed E-state index contributed by atoms with van der Waals surface area (Å²) in [7, 11) is -1.09. The average Bonchev–Trinajstić information content (AvgIpc) is 3.98. The van der Waals surface area contributed by atoms with Crippen LogP contribution in [-0.4, -0.2) is 204 Å². The molecule has 0 amide bonds. The van der Waals surface area contributed by atoms with Gasteiger partial charge in [0, 0.05) is 85.0 Å². The minimum atomic E-state index is -4.58. The minimum absolute atomic E-state index is 0. The first kappa shape index (κ1) is 78.7. The minimum Gasteiger partial charge on any atom is -0.380 e. The molecule has 9 N–H and O–H groups in total. The second kappa shape index (κ2) is 33.0. The number of hydrogen-bond donors (Lipinski definition) is 9. The van der Waals surface area contributed by atoms with E-state index in [9.17, 15) is 32.3 Å². The van der Waals surface area contributed by atoms with E-state index < -0.39 is 125 Å². The Morgan fingerprint density at radius 2 is 0.779 bits per heavy atom. The van der Waals surface area contributed by atoms with Crippen molar-refractivity contribution in [2.45, 2.75) is 184 Å². The molecule has 0 aromatic heterocycles. The summed E-state index contributed by atoms with van der Waals surface area (Å²) in [5, 5.41) is 0. The van der Waals surface area contributed by atoms with E-state index in [1.807, 2.05) is 41.0 Å². The zero-order chi connectivity index (χ0) is 59.4. The van der Waals surface area contributed by atoms with Crippen molar-refractivity contribution >= 4 is 113 Å². The SMILES string of the molecule is C.[B][C@@H]1O[C@H](/C=C/P(=O)(O)O)C[C@H]1OP(C)(=O)C(C)C.[B][C@@H]1O[C@H](/C=C/P(=O)(O)O)C[C@H]1OP(C)(=S)C(C)C.[B][C@@H]1O[C@H](COP(=O)(O)O)C[C@H]1OP(=O)(O)C(C)C.[B][C@@H]1O[C@H](COP(=O)(O)O)C[C@H]1OP(C)(=S)C(C)C. The Balaban J connectivity index is 0.000000996. The van der Waals surface area contributed by atoms with Crippen molar-refractivity contribution in [1.82, 2.24) is 0 Å². The molecule has 4 aliphatic rings. The number of ether oxygens (including phenoxy) is 4. The molecule has 0 aliphatic carbocycles. The third kappa shape index (κ3) is 32.1. The van der Waals surface area contributed by atoms with Gasteiger partial charge in [0.25, 0.3) is 0 Å². The average molecular weight is 1290 g/mol. The largest absolute Gasteiger partial charge is 0.469 e. The number of phosphoric acid groups is 2. The molecule has 0 aromatic rings. The maximum atomic E-state index is 12.2. The zero-order valence-corrected chi connectivity index (χ0v) is 52.8. The van der Waals surface area contributed by atoms with Crippen molar-refractivity contribution in [3.63, 3.8) is 0 Å². The summed E-state index contributed by atoms with van der Waals surface area (Å²) in [6.07, 6.45) is -4.19. The van der Waals surface area contributed by atoms with Crippen LogP contribution in [0.3, 0.4) is 0 Å². The standard InChI is InChI=1S/C10H19BO6P2.C10H19BO5P2S.C9H19BO6P2S.C8H17BO8P2.CH4/c1-7(2)18(3,12)17-9-6-8(16-10(9)11)4-5-19(13,14)15;1-7(2)17(3,19)16-9-6-8(15-10(9)11)4-5-18(12,13)14;1-6(2)17(3,19)16-8-4-7(15-9(8)10)5-14-18(11,12)13;1-5(2)18(10,11)17-7-3-6(16-8(7)9)4-15-19(12,13)14;/h4-5,7-10H,6H2,1-3H3,(H2,13,14,15);4-5,7-10H,6H2,1-3H3,(H2,12,13,14);6-9H,4-5H2,1-3H3,(H2,11,12,13);5-8H,3-4H2,1-2H3,(H,10,11)(H2,12,13,14);1H4/b2*5-4+;;;/t8-,9-,10-,18?;8-,9-,10-,17?;7-,8+,9+,17?;6-,7+,8+;/m1100./s1. The molecule has 4 rings (SSSR count). The molecule has 4 saturated heterocycles. The van der Waals surface area contributed by atoms with Gasteiger partial charge in [-0.3, -0.25) is 27.3 Å². The van der Waals surface area contributed by atoms with Crippen molar-refractivity contribution in [1.29, 1.82) is 0 Å². The van der Waals surface area contributed by atoms with Gasteiger partial charge in [-0.15, -0.1) is 0 Å². The number of rotatable bonds is 22. The van der Waals surface area contributed by atoms with E-state index in [0.29, 0.717) is 19.3 Å². The molecule has 0 spiro atoms. The molecular formula is C38H78B4O25P8S2. The number of hydrogen-bond acceptors (Lipinski definition) is 18. The van der Waals surface area contributed by atoms with Gasteiger partial charge in [-0.25, -0.2) is 9.13 Å². The van der Waals surface area contributed by atoms with E-state index in [1.54, 1.807) is 20.5 Å². The van der Waals surface area contributed by atoms with Crippen LogP contribution >= 0.6 is 58.3 Å². The van der Waals surface area contributed by atoms with Crippen LogP contribution in [0, 0.1) is 0 Å². The maximum absolute atomic E-state index is 12.2. The third-order valence-electron chi connectivity index (χ3n) is 11.4. The van der Waals surface area contributed by atoms with E-state index in [-0.39, 0.29) is 56.2 Å². The smallest absolute Gasteiger partial charge is 0.380 e. The molecule has 77 heavy (non-hydrogen) atoms. The van der Waals surface area contributed by atoms with E-state index in [4.69, 9.17) is 131 Å². The molecule has 4 unspecified atom stereocenters. The lowest BCUT2D eigenvalue weighted by molar-refractivity contribution is 0.0306. The van der Waals surface area contributed by atoms with Gasteiger partial charge in [0.1, 0.15) is 31.4 Å². The van der Waals surface area contributed by atoms with Crippen molar-refractivity contribution in [2.75, 3.05) is 33.2 Å². The van der Waals surface area contributed by atoms with Crippen LogP contribution in [0.15, 0.2) is 23.8 Å². The van der Waals surface area contributed by atoms with Gasteiger partial charge in [-0.1, -0.05) is 86.4 Å². The Morgan fingerprint density at radius 1 is 0.481 bits per heavy atom. The first-order valence-electron chi connectivity index (χ1n) is 23.4. The first-order valence-corrected chi connectivity index (χ1v) is 40.0. The molecule has 4 aliphatic heterocycles. The van der Waals surface area contributed by atoms with Crippen LogP contribution in [0.1, 0.15) is 88.5 Å². The fraction of sp³-hybridized carbons (Fsp3) is 0.895. The lowest BCUT2D eigenvalue weighted by Gasteiger charge is -2.27. The van der Waals surface area contributed by atoms with Gasteiger partial charge in [-0.2, -0.15) is 0 Å². The number of phosphoric ester groups is 2. The van der Waals surface area contributed by atoms with Gasteiger partial charge in [0.05, 0.1) is 80.2 Å².